The van der Waals surface area contributed by atoms with Gasteiger partial charge in [0.25, 0.3) is 0 Å². The number of carbonyl (C=O) groups is 2. The van der Waals surface area contributed by atoms with Gasteiger partial charge in [0.2, 0.25) is 0 Å². The van der Waals surface area contributed by atoms with Crippen LogP contribution in [0.5, 0.6) is 0 Å². The lowest BCUT2D eigenvalue weighted by Crippen LogP contribution is -2.38. The van der Waals surface area contributed by atoms with Crippen molar-refractivity contribution in [2.75, 3.05) is 19.6 Å². The van der Waals surface area contributed by atoms with Crippen molar-refractivity contribution in [2.24, 2.45) is 11.7 Å². The molecule has 4 heteroatoms. The van der Waals surface area contributed by atoms with E-state index in [4.69, 9.17) is 5.73 Å². The highest BCUT2D eigenvalue weighted by atomic mass is 16.1. The molecule has 0 saturated carbocycles. The molecular weight excluding hydrogens is 204 g/mol. The molecule has 1 fully saturated rings. The Hall–Kier alpha value is -0.740. The third-order valence-electron chi connectivity index (χ3n) is 3.39. The average Bonchev–Trinajstić information content (AvgIpc) is 2.31. The predicted octanol–water partition coefficient (Wildman–Crippen LogP) is 0.594. The van der Waals surface area contributed by atoms with E-state index in [0.29, 0.717) is 18.9 Å². The summed E-state index contributed by atoms with van der Waals surface area (Å²) in [6.45, 7) is 4.30. The van der Waals surface area contributed by atoms with Crippen LogP contribution in [0, 0.1) is 5.92 Å². The van der Waals surface area contributed by atoms with Crippen molar-refractivity contribution in [2.45, 2.75) is 38.6 Å². The Labute approximate surface area is 97.2 Å². The van der Waals surface area contributed by atoms with E-state index in [1.54, 1.807) is 0 Å². The summed E-state index contributed by atoms with van der Waals surface area (Å²) in [4.78, 5) is 23.9. The molecule has 1 saturated heterocycles. The molecule has 0 radical (unpaired) electrons. The number of ketones is 1. The Kier molecular flexibility index (Phi) is 5.63. The Morgan fingerprint density at radius 2 is 2.12 bits per heavy atom. The maximum Gasteiger partial charge on any atom is 0.149 e. The molecule has 1 aliphatic heterocycles. The largest absolute Gasteiger partial charge is 0.322 e. The monoisotopic (exact) mass is 226 g/mol. The van der Waals surface area contributed by atoms with Crippen molar-refractivity contribution in [3.05, 3.63) is 0 Å². The van der Waals surface area contributed by atoms with Crippen molar-refractivity contribution in [3.8, 4) is 0 Å². The molecule has 0 amide bonds. The fraction of sp³-hybridized carbons (Fsp3) is 0.833. The lowest BCUT2D eigenvalue weighted by molar-refractivity contribution is -0.120. The second kappa shape index (κ2) is 6.76. The third kappa shape index (κ3) is 4.02. The van der Waals surface area contributed by atoms with E-state index in [-0.39, 0.29) is 11.8 Å². The van der Waals surface area contributed by atoms with Gasteiger partial charge in [-0.05, 0) is 38.3 Å². The van der Waals surface area contributed by atoms with Crippen LogP contribution in [-0.2, 0) is 9.59 Å². The van der Waals surface area contributed by atoms with Gasteiger partial charge in [-0.2, -0.15) is 0 Å². The van der Waals surface area contributed by atoms with Crippen LogP contribution in [0.4, 0.5) is 0 Å². The molecule has 1 atom stereocenters. The van der Waals surface area contributed by atoms with E-state index in [0.717, 1.165) is 38.6 Å². The molecule has 0 spiro atoms. The highest BCUT2D eigenvalue weighted by molar-refractivity contribution is 5.83. The van der Waals surface area contributed by atoms with Gasteiger partial charge in [-0.25, -0.2) is 0 Å². The Bertz CT molecular complexity index is 235. The number of nitrogens with zero attached hydrogens (tertiary/aromatic N) is 1. The van der Waals surface area contributed by atoms with E-state index in [9.17, 15) is 9.59 Å². The first-order chi connectivity index (χ1) is 7.67. The second-order valence-corrected chi connectivity index (χ2v) is 4.57. The highest BCUT2D eigenvalue weighted by Gasteiger charge is 2.22. The zero-order chi connectivity index (χ0) is 12.0. The van der Waals surface area contributed by atoms with Gasteiger partial charge in [-0.3, -0.25) is 9.69 Å². The van der Waals surface area contributed by atoms with Crippen molar-refractivity contribution < 1.29 is 9.59 Å². The lowest BCUT2D eigenvalue weighted by atomic mass is 9.89. The van der Waals surface area contributed by atoms with Crippen LogP contribution in [0.2, 0.25) is 0 Å². The molecule has 92 valence electrons. The summed E-state index contributed by atoms with van der Waals surface area (Å²) >= 11 is 0. The molecule has 0 bridgehead atoms. The quantitative estimate of drug-likeness (QED) is 0.673. The normalized spacial score (nSPS) is 20.6. The van der Waals surface area contributed by atoms with Gasteiger partial charge < -0.3 is 10.5 Å². The lowest BCUT2D eigenvalue weighted by Gasteiger charge is -2.31. The molecular formula is C12H22N2O2. The van der Waals surface area contributed by atoms with E-state index >= 15 is 0 Å². The SMILES string of the molecule is CCC(=O)C(N)CC1CCN(CC=O)CC1. The van der Waals surface area contributed by atoms with Gasteiger partial charge in [0.1, 0.15) is 12.1 Å². The molecule has 0 aromatic carbocycles. The summed E-state index contributed by atoms with van der Waals surface area (Å²) in [6.07, 6.45) is 4.40. The van der Waals surface area contributed by atoms with Gasteiger partial charge in [0.05, 0.1) is 12.6 Å². The summed E-state index contributed by atoms with van der Waals surface area (Å²) in [5.74, 6) is 0.712. The Morgan fingerprint density at radius 3 is 2.62 bits per heavy atom. The number of aldehydes is 1. The van der Waals surface area contributed by atoms with Crippen LogP contribution in [-0.4, -0.2) is 42.6 Å². The average molecular weight is 226 g/mol. The van der Waals surface area contributed by atoms with Gasteiger partial charge in [-0.15, -0.1) is 0 Å². The zero-order valence-electron chi connectivity index (χ0n) is 10.0. The number of hydrogen-bond donors (Lipinski definition) is 1. The molecule has 16 heavy (non-hydrogen) atoms. The summed E-state index contributed by atoms with van der Waals surface area (Å²) in [7, 11) is 0. The maximum atomic E-state index is 11.4. The maximum absolute atomic E-state index is 11.4. The number of Topliss-reactive ketones (excluding diaryl/α,β-unsaturated/α-hetero) is 1. The van der Waals surface area contributed by atoms with E-state index in [1.807, 2.05) is 6.92 Å². The molecule has 0 aliphatic carbocycles. The van der Waals surface area contributed by atoms with E-state index in [2.05, 4.69) is 4.90 Å². The fourth-order valence-electron chi connectivity index (χ4n) is 2.26. The number of likely N-dealkylation sites (tertiary alicyclic amines) is 1. The van der Waals surface area contributed by atoms with Crippen LogP contribution in [0.15, 0.2) is 0 Å². The summed E-state index contributed by atoms with van der Waals surface area (Å²) < 4.78 is 0. The molecule has 4 nitrogen and oxygen atoms in total. The number of piperidine rings is 1. The number of carbonyl (C=O) groups excluding carboxylic acids is 2. The third-order valence-corrected chi connectivity index (χ3v) is 3.39. The second-order valence-electron chi connectivity index (χ2n) is 4.57. The number of hydrogen-bond acceptors (Lipinski definition) is 4. The van der Waals surface area contributed by atoms with Crippen molar-refractivity contribution in [1.82, 2.24) is 4.90 Å². The smallest absolute Gasteiger partial charge is 0.149 e. The molecule has 1 unspecified atom stereocenters. The summed E-state index contributed by atoms with van der Waals surface area (Å²) in [5, 5.41) is 0. The molecule has 1 heterocycles. The summed E-state index contributed by atoms with van der Waals surface area (Å²) in [5.41, 5.74) is 5.83. The van der Waals surface area contributed by atoms with E-state index < -0.39 is 0 Å². The highest BCUT2D eigenvalue weighted by Crippen LogP contribution is 2.21. The fourth-order valence-corrected chi connectivity index (χ4v) is 2.26. The standard InChI is InChI=1S/C12H22N2O2/c1-2-12(16)11(13)9-10-3-5-14(6-4-10)7-8-15/h8,10-11H,2-7,9,13H2,1H3. The molecule has 1 rings (SSSR count). The molecule has 2 N–H and O–H groups in total. The van der Waals surface area contributed by atoms with Gasteiger partial charge in [0, 0.05) is 6.42 Å². The predicted molar refractivity (Wildman–Crippen MR) is 63.1 cm³/mol. The number of nitrogens with two attached hydrogens (primary N) is 1. The summed E-state index contributed by atoms with van der Waals surface area (Å²) in [6, 6.07) is -0.285. The minimum absolute atomic E-state index is 0.162. The van der Waals surface area contributed by atoms with Crippen molar-refractivity contribution >= 4 is 12.1 Å². The number of rotatable bonds is 6. The zero-order valence-corrected chi connectivity index (χ0v) is 10.0. The molecule has 0 aromatic rings. The topological polar surface area (TPSA) is 63.4 Å². The van der Waals surface area contributed by atoms with E-state index in [1.165, 1.54) is 0 Å². The Balaban J connectivity index is 2.26. The van der Waals surface area contributed by atoms with Gasteiger partial charge >= 0.3 is 0 Å². The first-order valence-corrected chi connectivity index (χ1v) is 6.11. The van der Waals surface area contributed by atoms with Crippen LogP contribution >= 0.6 is 0 Å². The molecule has 1 aliphatic rings. The van der Waals surface area contributed by atoms with Gasteiger partial charge in [-0.1, -0.05) is 6.92 Å². The minimum Gasteiger partial charge on any atom is -0.322 e. The molecule has 0 aromatic heterocycles. The van der Waals surface area contributed by atoms with Crippen LogP contribution in [0.1, 0.15) is 32.6 Å². The van der Waals surface area contributed by atoms with Gasteiger partial charge in [0.15, 0.2) is 0 Å². The first-order valence-electron chi connectivity index (χ1n) is 6.11. The minimum atomic E-state index is -0.285. The van der Waals surface area contributed by atoms with Crippen LogP contribution in [0.3, 0.4) is 0 Å². The first kappa shape index (κ1) is 13.3. The van der Waals surface area contributed by atoms with Crippen LogP contribution in [0.25, 0.3) is 0 Å². The van der Waals surface area contributed by atoms with Crippen molar-refractivity contribution in [1.29, 1.82) is 0 Å². The Morgan fingerprint density at radius 1 is 1.50 bits per heavy atom. The van der Waals surface area contributed by atoms with Crippen LogP contribution < -0.4 is 5.73 Å². The van der Waals surface area contributed by atoms with Crippen molar-refractivity contribution in [3.63, 3.8) is 0 Å².